The maximum absolute atomic E-state index is 5.14. The monoisotopic (exact) mass is 283 g/mol. The lowest BCUT2D eigenvalue weighted by molar-refractivity contribution is 0.185. The van der Waals surface area contributed by atoms with E-state index in [1.54, 1.807) is 7.11 Å². The zero-order valence-electron chi connectivity index (χ0n) is 13.0. The van der Waals surface area contributed by atoms with Crippen molar-refractivity contribution in [3.05, 3.63) is 71.3 Å². The molecule has 2 nitrogen and oxygen atoms in total. The molecule has 2 heteroatoms. The van der Waals surface area contributed by atoms with Crippen molar-refractivity contribution in [2.45, 2.75) is 39.0 Å². The standard InChI is InChI=1S/C19H25NO/c1-3-7-19(18-8-5-4-6-9-18)20-14-16-10-12-17(13-11-16)15-21-2/h4-6,8-13,19-20H,3,7,14-15H2,1-2H3. The maximum Gasteiger partial charge on any atom is 0.0713 e. The summed E-state index contributed by atoms with van der Waals surface area (Å²) in [6.07, 6.45) is 2.34. The lowest BCUT2D eigenvalue weighted by Crippen LogP contribution is -2.20. The largest absolute Gasteiger partial charge is 0.380 e. The molecular formula is C19H25NO. The molecule has 0 radical (unpaired) electrons. The van der Waals surface area contributed by atoms with Gasteiger partial charge in [-0.1, -0.05) is 67.9 Å². The Morgan fingerprint density at radius 3 is 2.24 bits per heavy atom. The summed E-state index contributed by atoms with van der Waals surface area (Å²) in [5.41, 5.74) is 3.90. The number of hydrogen-bond donors (Lipinski definition) is 1. The van der Waals surface area contributed by atoms with E-state index in [1.807, 2.05) is 0 Å². The zero-order chi connectivity index (χ0) is 14.9. The second-order valence-electron chi connectivity index (χ2n) is 5.38. The van der Waals surface area contributed by atoms with E-state index in [0.29, 0.717) is 12.6 Å². The quantitative estimate of drug-likeness (QED) is 0.772. The van der Waals surface area contributed by atoms with Crippen molar-refractivity contribution in [3.8, 4) is 0 Å². The third-order valence-electron chi connectivity index (χ3n) is 3.67. The summed E-state index contributed by atoms with van der Waals surface area (Å²) in [6, 6.07) is 19.7. The van der Waals surface area contributed by atoms with E-state index in [4.69, 9.17) is 4.74 Å². The van der Waals surface area contributed by atoms with Gasteiger partial charge in [0.1, 0.15) is 0 Å². The van der Waals surface area contributed by atoms with E-state index in [-0.39, 0.29) is 0 Å². The second kappa shape index (κ2) is 8.60. The van der Waals surface area contributed by atoms with Gasteiger partial charge in [-0.15, -0.1) is 0 Å². The Morgan fingerprint density at radius 1 is 0.952 bits per heavy atom. The number of rotatable bonds is 8. The van der Waals surface area contributed by atoms with Gasteiger partial charge in [-0.25, -0.2) is 0 Å². The minimum absolute atomic E-state index is 0.426. The van der Waals surface area contributed by atoms with Crippen LogP contribution < -0.4 is 5.32 Å². The molecule has 0 aromatic heterocycles. The average Bonchev–Trinajstić information content (AvgIpc) is 2.54. The van der Waals surface area contributed by atoms with Crippen LogP contribution in [0, 0.1) is 0 Å². The molecule has 0 aliphatic heterocycles. The van der Waals surface area contributed by atoms with Crippen LogP contribution in [0.2, 0.25) is 0 Å². The fourth-order valence-electron chi connectivity index (χ4n) is 2.52. The highest BCUT2D eigenvalue weighted by Gasteiger charge is 2.09. The van der Waals surface area contributed by atoms with E-state index in [0.717, 1.165) is 13.0 Å². The average molecular weight is 283 g/mol. The van der Waals surface area contributed by atoms with Gasteiger partial charge in [0.25, 0.3) is 0 Å². The highest BCUT2D eigenvalue weighted by atomic mass is 16.5. The Labute approximate surface area is 128 Å². The predicted molar refractivity (Wildman–Crippen MR) is 88.1 cm³/mol. The highest BCUT2D eigenvalue weighted by Crippen LogP contribution is 2.19. The van der Waals surface area contributed by atoms with Gasteiger partial charge in [-0.05, 0) is 23.1 Å². The molecule has 2 rings (SSSR count). The van der Waals surface area contributed by atoms with E-state index >= 15 is 0 Å². The first-order valence-corrected chi connectivity index (χ1v) is 7.68. The molecule has 0 heterocycles. The summed E-state index contributed by atoms with van der Waals surface area (Å²) in [4.78, 5) is 0. The Hall–Kier alpha value is -1.64. The fourth-order valence-corrected chi connectivity index (χ4v) is 2.52. The van der Waals surface area contributed by atoms with E-state index in [2.05, 4.69) is 66.8 Å². The first kappa shape index (κ1) is 15.7. The van der Waals surface area contributed by atoms with Crippen LogP contribution in [-0.2, 0) is 17.9 Å². The molecule has 1 unspecified atom stereocenters. The molecule has 0 bridgehead atoms. The van der Waals surface area contributed by atoms with E-state index < -0.39 is 0 Å². The van der Waals surface area contributed by atoms with Crippen LogP contribution in [0.4, 0.5) is 0 Å². The van der Waals surface area contributed by atoms with Gasteiger partial charge in [0, 0.05) is 19.7 Å². The van der Waals surface area contributed by atoms with Gasteiger partial charge in [-0.3, -0.25) is 0 Å². The molecule has 112 valence electrons. The molecule has 1 atom stereocenters. The molecule has 0 aliphatic rings. The highest BCUT2D eigenvalue weighted by molar-refractivity contribution is 5.23. The maximum atomic E-state index is 5.14. The van der Waals surface area contributed by atoms with Gasteiger partial charge < -0.3 is 10.1 Å². The molecule has 0 spiro atoms. The van der Waals surface area contributed by atoms with Gasteiger partial charge in [0.15, 0.2) is 0 Å². The third kappa shape index (κ3) is 5.00. The molecule has 2 aromatic rings. The van der Waals surface area contributed by atoms with Crippen molar-refractivity contribution in [2.75, 3.05) is 7.11 Å². The molecular weight excluding hydrogens is 258 g/mol. The number of methoxy groups -OCH3 is 1. The van der Waals surface area contributed by atoms with E-state index in [9.17, 15) is 0 Å². The van der Waals surface area contributed by atoms with Crippen molar-refractivity contribution >= 4 is 0 Å². The number of hydrogen-bond acceptors (Lipinski definition) is 2. The van der Waals surface area contributed by atoms with Gasteiger partial charge in [0.2, 0.25) is 0 Å². The molecule has 0 saturated carbocycles. The Morgan fingerprint density at radius 2 is 1.62 bits per heavy atom. The summed E-state index contributed by atoms with van der Waals surface area (Å²) in [7, 11) is 1.73. The van der Waals surface area contributed by atoms with Gasteiger partial charge in [-0.2, -0.15) is 0 Å². The first-order valence-electron chi connectivity index (χ1n) is 7.68. The van der Waals surface area contributed by atoms with Crippen LogP contribution in [0.25, 0.3) is 0 Å². The third-order valence-corrected chi connectivity index (χ3v) is 3.67. The van der Waals surface area contributed by atoms with Crippen LogP contribution in [-0.4, -0.2) is 7.11 Å². The van der Waals surface area contributed by atoms with Crippen LogP contribution in [0.5, 0.6) is 0 Å². The minimum Gasteiger partial charge on any atom is -0.380 e. The lowest BCUT2D eigenvalue weighted by Gasteiger charge is -2.19. The zero-order valence-corrected chi connectivity index (χ0v) is 13.0. The van der Waals surface area contributed by atoms with Crippen molar-refractivity contribution in [1.82, 2.24) is 5.32 Å². The summed E-state index contributed by atoms with van der Waals surface area (Å²) >= 11 is 0. The topological polar surface area (TPSA) is 21.3 Å². The summed E-state index contributed by atoms with van der Waals surface area (Å²) in [6.45, 7) is 3.81. The van der Waals surface area contributed by atoms with Crippen LogP contribution in [0.1, 0.15) is 42.5 Å². The second-order valence-corrected chi connectivity index (χ2v) is 5.38. The number of ether oxygens (including phenoxy) is 1. The molecule has 0 fully saturated rings. The summed E-state index contributed by atoms with van der Waals surface area (Å²) in [5.74, 6) is 0. The first-order chi connectivity index (χ1) is 10.3. The molecule has 0 aliphatic carbocycles. The van der Waals surface area contributed by atoms with Crippen molar-refractivity contribution < 1.29 is 4.74 Å². The van der Waals surface area contributed by atoms with Crippen molar-refractivity contribution in [3.63, 3.8) is 0 Å². The van der Waals surface area contributed by atoms with Crippen LogP contribution >= 0.6 is 0 Å². The molecule has 21 heavy (non-hydrogen) atoms. The lowest BCUT2D eigenvalue weighted by atomic mass is 10.0. The smallest absolute Gasteiger partial charge is 0.0713 e. The normalized spacial score (nSPS) is 12.3. The van der Waals surface area contributed by atoms with Gasteiger partial charge >= 0.3 is 0 Å². The number of nitrogens with one attached hydrogen (secondary N) is 1. The van der Waals surface area contributed by atoms with Gasteiger partial charge in [0.05, 0.1) is 6.61 Å². The minimum atomic E-state index is 0.426. The van der Waals surface area contributed by atoms with E-state index in [1.165, 1.54) is 23.1 Å². The Kier molecular flexibility index (Phi) is 6.45. The fraction of sp³-hybridized carbons (Fsp3) is 0.368. The molecule has 2 aromatic carbocycles. The van der Waals surface area contributed by atoms with Crippen LogP contribution in [0.15, 0.2) is 54.6 Å². The summed E-state index contributed by atoms with van der Waals surface area (Å²) in [5, 5.41) is 3.67. The molecule has 0 saturated heterocycles. The molecule has 1 N–H and O–H groups in total. The Bertz CT molecular complexity index is 507. The summed E-state index contributed by atoms with van der Waals surface area (Å²) < 4.78 is 5.14. The van der Waals surface area contributed by atoms with Crippen molar-refractivity contribution in [2.24, 2.45) is 0 Å². The van der Waals surface area contributed by atoms with Crippen LogP contribution in [0.3, 0.4) is 0 Å². The van der Waals surface area contributed by atoms with Crippen molar-refractivity contribution in [1.29, 1.82) is 0 Å². The number of benzene rings is 2. The predicted octanol–water partition coefficient (Wildman–Crippen LogP) is 4.46. The molecule has 0 amide bonds. The Balaban J connectivity index is 1.95. The SMILES string of the molecule is CCCC(NCc1ccc(COC)cc1)c1ccccc1.